The molecule has 2 N–H and O–H groups in total. The van der Waals surface area contributed by atoms with Gasteiger partial charge in [0.05, 0.1) is 19.3 Å². The van der Waals surface area contributed by atoms with E-state index in [0.29, 0.717) is 13.1 Å². The molecule has 0 unspecified atom stereocenters. The highest BCUT2D eigenvalue weighted by Gasteiger charge is 2.13. The average molecular weight is 395 g/mol. The molecule has 0 fully saturated rings. The first kappa shape index (κ1) is 20.7. The summed E-state index contributed by atoms with van der Waals surface area (Å²) < 4.78 is 10.8. The Morgan fingerprint density at radius 3 is 2.55 bits per heavy atom. The van der Waals surface area contributed by atoms with Crippen LogP contribution in [0.25, 0.3) is 10.8 Å². The van der Waals surface area contributed by atoms with E-state index in [0.717, 1.165) is 59.1 Å². The molecule has 154 valence electrons. The molecule has 6 nitrogen and oxygen atoms in total. The van der Waals surface area contributed by atoms with Gasteiger partial charge in [-0.1, -0.05) is 37.2 Å². The molecular weight excluding hydrogens is 364 g/mol. The second kappa shape index (κ2) is 9.96. The van der Waals surface area contributed by atoms with Crippen molar-refractivity contribution in [3.63, 3.8) is 0 Å². The molecule has 0 radical (unpaired) electrons. The van der Waals surface area contributed by atoms with Crippen molar-refractivity contribution in [2.24, 2.45) is 4.99 Å². The molecule has 0 saturated carbocycles. The molecule has 0 aliphatic rings. The molecule has 2 aromatic carbocycles. The topological polar surface area (TPSA) is 71.7 Å². The van der Waals surface area contributed by atoms with Crippen molar-refractivity contribution >= 4 is 16.7 Å². The average Bonchev–Trinajstić information content (AvgIpc) is 3.17. The SMILES string of the molecule is CCNC(=NCc1ccc2cc(OC)ccc2c1)NCc1c(CC)noc1CC. The van der Waals surface area contributed by atoms with E-state index >= 15 is 0 Å². The molecular formula is C23H30N4O2. The van der Waals surface area contributed by atoms with Crippen LogP contribution < -0.4 is 15.4 Å². The molecule has 0 saturated heterocycles. The van der Waals surface area contributed by atoms with Gasteiger partial charge in [0.25, 0.3) is 0 Å². The second-order valence-electron chi connectivity index (χ2n) is 6.83. The quantitative estimate of drug-likeness (QED) is 0.442. The molecule has 3 rings (SSSR count). The number of rotatable bonds is 8. The Labute approximate surface area is 172 Å². The molecule has 0 bridgehead atoms. The number of fused-ring (bicyclic) bond motifs is 1. The summed E-state index contributed by atoms with van der Waals surface area (Å²) >= 11 is 0. The predicted molar refractivity (Wildman–Crippen MR) is 117 cm³/mol. The van der Waals surface area contributed by atoms with Gasteiger partial charge in [0, 0.05) is 25.1 Å². The Bertz CT molecular complexity index is 957. The molecule has 1 heterocycles. The summed E-state index contributed by atoms with van der Waals surface area (Å²) in [4.78, 5) is 4.75. The van der Waals surface area contributed by atoms with Crippen LogP contribution in [0.2, 0.25) is 0 Å². The first-order valence-corrected chi connectivity index (χ1v) is 10.2. The lowest BCUT2D eigenvalue weighted by Crippen LogP contribution is -2.37. The Kier molecular flexibility index (Phi) is 7.11. The van der Waals surface area contributed by atoms with Crippen molar-refractivity contribution in [3.8, 4) is 5.75 Å². The van der Waals surface area contributed by atoms with Gasteiger partial charge in [-0.05, 0) is 47.9 Å². The van der Waals surface area contributed by atoms with Crippen molar-refractivity contribution in [2.75, 3.05) is 13.7 Å². The van der Waals surface area contributed by atoms with Gasteiger partial charge in [0.1, 0.15) is 11.5 Å². The summed E-state index contributed by atoms with van der Waals surface area (Å²) in [7, 11) is 1.69. The van der Waals surface area contributed by atoms with Crippen LogP contribution in [0, 0.1) is 0 Å². The van der Waals surface area contributed by atoms with Crippen molar-refractivity contribution in [2.45, 2.75) is 46.7 Å². The van der Waals surface area contributed by atoms with E-state index in [9.17, 15) is 0 Å². The molecule has 29 heavy (non-hydrogen) atoms. The molecule has 6 heteroatoms. The maximum atomic E-state index is 5.46. The van der Waals surface area contributed by atoms with Gasteiger partial charge in [0.15, 0.2) is 5.96 Å². The van der Waals surface area contributed by atoms with E-state index in [1.165, 1.54) is 5.39 Å². The second-order valence-corrected chi connectivity index (χ2v) is 6.83. The summed E-state index contributed by atoms with van der Waals surface area (Å²) in [6.45, 7) is 8.29. The van der Waals surface area contributed by atoms with Crippen LogP contribution in [0.15, 0.2) is 45.9 Å². The number of nitrogens with zero attached hydrogens (tertiary/aromatic N) is 2. The van der Waals surface area contributed by atoms with Crippen LogP contribution in [0.5, 0.6) is 5.75 Å². The van der Waals surface area contributed by atoms with E-state index in [4.69, 9.17) is 14.3 Å². The molecule has 3 aromatic rings. The summed E-state index contributed by atoms with van der Waals surface area (Å²) in [6.07, 6.45) is 1.69. The Hall–Kier alpha value is -3.02. The summed E-state index contributed by atoms with van der Waals surface area (Å²) in [5, 5.41) is 13.3. The Balaban J connectivity index is 1.72. The number of guanidine groups is 1. The zero-order valence-corrected chi connectivity index (χ0v) is 17.7. The number of aromatic nitrogens is 1. The minimum atomic E-state index is 0.599. The van der Waals surface area contributed by atoms with Crippen molar-refractivity contribution in [3.05, 3.63) is 59.0 Å². The van der Waals surface area contributed by atoms with Crippen molar-refractivity contribution in [1.82, 2.24) is 15.8 Å². The van der Waals surface area contributed by atoms with Crippen LogP contribution in [0.1, 0.15) is 43.4 Å². The summed E-state index contributed by atoms with van der Waals surface area (Å²) in [5.41, 5.74) is 3.31. The number of aliphatic imine (C=N–C) groups is 1. The fourth-order valence-electron chi connectivity index (χ4n) is 3.32. The fourth-order valence-corrected chi connectivity index (χ4v) is 3.32. The van der Waals surface area contributed by atoms with Gasteiger partial charge >= 0.3 is 0 Å². The first-order valence-electron chi connectivity index (χ1n) is 10.2. The van der Waals surface area contributed by atoms with Gasteiger partial charge < -0.3 is 19.9 Å². The molecule has 0 spiro atoms. The fraction of sp³-hybridized carbons (Fsp3) is 0.391. The van der Waals surface area contributed by atoms with Crippen LogP contribution in [0.4, 0.5) is 0 Å². The smallest absolute Gasteiger partial charge is 0.191 e. The number of hydrogen-bond donors (Lipinski definition) is 2. The number of aryl methyl sites for hydroxylation is 2. The van der Waals surface area contributed by atoms with Crippen molar-refractivity contribution < 1.29 is 9.26 Å². The van der Waals surface area contributed by atoms with Crippen LogP contribution in [0.3, 0.4) is 0 Å². The third-order valence-corrected chi connectivity index (χ3v) is 4.92. The molecule has 0 aliphatic heterocycles. The van der Waals surface area contributed by atoms with Crippen LogP contribution >= 0.6 is 0 Å². The zero-order chi connectivity index (χ0) is 20.6. The van der Waals surface area contributed by atoms with Gasteiger partial charge in [-0.3, -0.25) is 0 Å². The monoisotopic (exact) mass is 394 g/mol. The number of nitrogens with one attached hydrogen (secondary N) is 2. The molecule has 0 aliphatic carbocycles. The first-order chi connectivity index (χ1) is 14.2. The lowest BCUT2D eigenvalue weighted by Gasteiger charge is -2.12. The lowest BCUT2D eigenvalue weighted by molar-refractivity contribution is 0.380. The van der Waals surface area contributed by atoms with Gasteiger partial charge in [-0.15, -0.1) is 0 Å². The van der Waals surface area contributed by atoms with Crippen LogP contribution in [-0.2, 0) is 25.9 Å². The standard InChI is InChI=1S/C23H30N4O2/c1-5-21-20(22(6-2)29-27-21)15-26-23(24-7-3)25-14-16-8-9-18-13-19(28-4)11-10-17(18)12-16/h8-13H,5-7,14-15H2,1-4H3,(H2,24,25,26). The highest BCUT2D eigenvalue weighted by molar-refractivity contribution is 5.84. The number of hydrogen-bond acceptors (Lipinski definition) is 4. The van der Waals surface area contributed by atoms with Gasteiger partial charge in [-0.25, -0.2) is 4.99 Å². The van der Waals surface area contributed by atoms with Gasteiger partial charge in [-0.2, -0.15) is 0 Å². The maximum Gasteiger partial charge on any atom is 0.191 e. The zero-order valence-electron chi connectivity index (χ0n) is 17.7. The van der Waals surface area contributed by atoms with E-state index in [1.807, 2.05) is 12.1 Å². The third kappa shape index (κ3) is 5.08. The molecule has 0 atom stereocenters. The van der Waals surface area contributed by atoms with E-state index in [1.54, 1.807) is 7.11 Å². The molecule has 1 aromatic heterocycles. The number of ether oxygens (including phenoxy) is 1. The van der Waals surface area contributed by atoms with Crippen molar-refractivity contribution in [1.29, 1.82) is 0 Å². The molecule has 0 amide bonds. The number of methoxy groups -OCH3 is 1. The minimum Gasteiger partial charge on any atom is -0.497 e. The Morgan fingerprint density at radius 2 is 1.83 bits per heavy atom. The van der Waals surface area contributed by atoms with E-state index in [-0.39, 0.29) is 0 Å². The summed E-state index contributed by atoms with van der Waals surface area (Å²) in [5.74, 6) is 2.59. The van der Waals surface area contributed by atoms with Gasteiger partial charge in [0.2, 0.25) is 0 Å². The maximum absolute atomic E-state index is 5.46. The predicted octanol–water partition coefficient (Wildman–Crippen LogP) is 4.22. The largest absolute Gasteiger partial charge is 0.497 e. The Morgan fingerprint density at radius 1 is 1.03 bits per heavy atom. The summed E-state index contributed by atoms with van der Waals surface area (Å²) in [6, 6.07) is 12.5. The number of benzene rings is 2. The van der Waals surface area contributed by atoms with Crippen LogP contribution in [-0.4, -0.2) is 24.8 Å². The van der Waals surface area contributed by atoms with E-state index in [2.05, 4.69) is 60.8 Å². The highest BCUT2D eigenvalue weighted by Crippen LogP contribution is 2.22. The van der Waals surface area contributed by atoms with E-state index < -0.39 is 0 Å². The normalized spacial score (nSPS) is 11.7. The minimum absolute atomic E-state index is 0.599. The lowest BCUT2D eigenvalue weighted by atomic mass is 10.1. The highest BCUT2D eigenvalue weighted by atomic mass is 16.5. The third-order valence-electron chi connectivity index (χ3n) is 4.92.